The monoisotopic (exact) mass is 231 g/mol. The normalized spacial score (nSPS) is 9.31. The summed E-state index contributed by atoms with van der Waals surface area (Å²) < 4.78 is 0. The van der Waals surface area contributed by atoms with Gasteiger partial charge in [0, 0.05) is 26.1 Å². The standard InChI is InChI=1S/C9H17N3O4/c1-2-10-7(13)3-5-11-9(16)12-6-4-8(14)15/h2-6H2,1H3,(H,10,13)(H,14,15)(H2,11,12,16). The first-order chi connectivity index (χ1) is 7.56. The van der Waals surface area contributed by atoms with Crippen molar-refractivity contribution in [3.63, 3.8) is 0 Å². The Bertz CT molecular complexity index is 255. The van der Waals surface area contributed by atoms with Crippen LogP contribution in [0.4, 0.5) is 4.79 Å². The summed E-state index contributed by atoms with van der Waals surface area (Å²) in [6, 6.07) is -0.467. The third-order valence-corrected chi connectivity index (χ3v) is 1.64. The summed E-state index contributed by atoms with van der Waals surface area (Å²) in [5.41, 5.74) is 0. The van der Waals surface area contributed by atoms with E-state index in [0.29, 0.717) is 6.54 Å². The van der Waals surface area contributed by atoms with Crippen molar-refractivity contribution in [3.05, 3.63) is 0 Å². The second-order valence-electron chi connectivity index (χ2n) is 3.03. The molecule has 0 rings (SSSR count). The van der Waals surface area contributed by atoms with Crippen LogP contribution in [0, 0.1) is 0 Å². The molecule has 0 unspecified atom stereocenters. The van der Waals surface area contributed by atoms with Crippen molar-refractivity contribution < 1.29 is 19.5 Å². The number of carboxylic acid groups (broad SMARTS) is 1. The third kappa shape index (κ3) is 8.79. The highest BCUT2D eigenvalue weighted by Gasteiger charge is 2.03. The fourth-order valence-corrected chi connectivity index (χ4v) is 0.921. The molecule has 0 bridgehead atoms. The largest absolute Gasteiger partial charge is 0.481 e. The van der Waals surface area contributed by atoms with E-state index in [0.717, 1.165) is 0 Å². The van der Waals surface area contributed by atoms with Crippen LogP contribution in [-0.4, -0.2) is 42.6 Å². The number of amides is 3. The minimum atomic E-state index is -0.970. The van der Waals surface area contributed by atoms with Gasteiger partial charge in [-0.1, -0.05) is 0 Å². The maximum atomic E-state index is 11.0. The van der Waals surface area contributed by atoms with Crippen LogP contribution in [0.5, 0.6) is 0 Å². The molecule has 7 nitrogen and oxygen atoms in total. The lowest BCUT2D eigenvalue weighted by atomic mass is 10.4. The number of carbonyl (C=O) groups excluding carboxylic acids is 2. The molecule has 0 heterocycles. The fourth-order valence-electron chi connectivity index (χ4n) is 0.921. The van der Waals surface area contributed by atoms with Crippen molar-refractivity contribution in [2.75, 3.05) is 19.6 Å². The predicted octanol–water partition coefficient (Wildman–Crippen LogP) is -0.713. The number of hydrogen-bond donors (Lipinski definition) is 4. The quantitative estimate of drug-likeness (QED) is 0.464. The maximum Gasteiger partial charge on any atom is 0.314 e. The van der Waals surface area contributed by atoms with E-state index < -0.39 is 12.0 Å². The summed E-state index contributed by atoms with van der Waals surface area (Å²) in [7, 11) is 0. The second-order valence-corrected chi connectivity index (χ2v) is 3.03. The van der Waals surface area contributed by atoms with E-state index in [9.17, 15) is 14.4 Å². The van der Waals surface area contributed by atoms with Gasteiger partial charge in [-0.2, -0.15) is 0 Å². The number of carbonyl (C=O) groups is 3. The van der Waals surface area contributed by atoms with E-state index in [1.165, 1.54) is 0 Å². The van der Waals surface area contributed by atoms with Gasteiger partial charge < -0.3 is 21.1 Å². The minimum Gasteiger partial charge on any atom is -0.481 e. The van der Waals surface area contributed by atoms with Gasteiger partial charge >= 0.3 is 12.0 Å². The lowest BCUT2D eigenvalue weighted by molar-refractivity contribution is -0.136. The Labute approximate surface area is 93.6 Å². The van der Waals surface area contributed by atoms with E-state index in [4.69, 9.17) is 5.11 Å². The highest BCUT2D eigenvalue weighted by Crippen LogP contribution is 1.78. The van der Waals surface area contributed by atoms with Crippen molar-refractivity contribution in [2.45, 2.75) is 19.8 Å². The van der Waals surface area contributed by atoms with Crippen LogP contribution in [0.15, 0.2) is 0 Å². The first-order valence-electron chi connectivity index (χ1n) is 5.06. The van der Waals surface area contributed by atoms with Gasteiger partial charge in [0.15, 0.2) is 0 Å². The molecular weight excluding hydrogens is 214 g/mol. The molecule has 0 aromatic rings. The highest BCUT2D eigenvalue weighted by molar-refractivity contribution is 5.78. The Hall–Kier alpha value is -1.79. The fraction of sp³-hybridized carbons (Fsp3) is 0.667. The number of hydrogen-bond acceptors (Lipinski definition) is 3. The van der Waals surface area contributed by atoms with E-state index in [2.05, 4.69) is 16.0 Å². The van der Waals surface area contributed by atoms with Gasteiger partial charge in [0.1, 0.15) is 0 Å². The molecule has 7 heteroatoms. The molecule has 0 aromatic heterocycles. The first-order valence-corrected chi connectivity index (χ1v) is 5.06. The summed E-state index contributed by atoms with van der Waals surface area (Å²) in [4.78, 5) is 32.1. The molecule has 16 heavy (non-hydrogen) atoms. The SMILES string of the molecule is CCNC(=O)CCNC(=O)NCCC(=O)O. The summed E-state index contributed by atoms with van der Waals surface area (Å²) >= 11 is 0. The highest BCUT2D eigenvalue weighted by atomic mass is 16.4. The Morgan fingerprint density at radius 3 is 2.06 bits per heavy atom. The second kappa shape index (κ2) is 8.51. The molecule has 0 fully saturated rings. The maximum absolute atomic E-state index is 11.0. The van der Waals surface area contributed by atoms with E-state index in [-0.39, 0.29) is 31.8 Å². The molecule has 0 aliphatic carbocycles. The Kier molecular flexibility index (Phi) is 7.56. The van der Waals surface area contributed by atoms with Crippen molar-refractivity contribution in [2.24, 2.45) is 0 Å². The number of rotatable bonds is 7. The molecule has 92 valence electrons. The summed E-state index contributed by atoms with van der Waals surface area (Å²) in [6.07, 6.45) is 0.0872. The van der Waals surface area contributed by atoms with Crippen LogP contribution in [0.25, 0.3) is 0 Å². The zero-order chi connectivity index (χ0) is 12.4. The smallest absolute Gasteiger partial charge is 0.314 e. The average molecular weight is 231 g/mol. The lowest BCUT2D eigenvalue weighted by Gasteiger charge is -2.06. The lowest BCUT2D eigenvalue weighted by Crippen LogP contribution is -2.38. The van der Waals surface area contributed by atoms with Gasteiger partial charge in [-0.3, -0.25) is 9.59 Å². The molecule has 3 amide bonds. The zero-order valence-corrected chi connectivity index (χ0v) is 9.21. The minimum absolute atomic E-state index is 0.0717. The first kappa shape index (κ1) is 14.2. The van der Waals surface area contributed by atoms with Crippen LogP contribution in [0.2, 0.25) is 0 Å². The number of urea groups is 1. The molecule has 0 aromatic carbocycles. The van der Waals surface area contributed by atoms with Crippen molar-refractivity contribution >= 4 is 17.9 Å². The Balaban J connectivity index is 3.43. The van der Waals surface area contributed by atoms with Gasteiger partial charge in [0.25, 0.3) is 0 Å². The molecular formula is C9H17N3O4. The van der Waals surface area contributed by atoms with E-state index in [1.807, 2.05) is 6.92 Å². The molecule has 0 atom stereocenters. The third-order valence-electron chi connectivity index (χ3n) is 1.64. The number of aliphatic carboxylic acids is 1. The molecule has 0 aliphatic heterocycles. The van der Waals surface area contributed by atoms with Gasteiger partial charge in [0.2, 0.25) is 5.91 Å². The van der Waals surface area contributed by atoms with Crippen molar-refractivity contribution in [1.82, 2.24) is 16.0 Å². The molecule has 0 aliphatic rings. The average Bonchev–Trinajstić information content (AvgIpc) is 2.17. The van der Waals surface area contributed by atoms with Gasteiger partial charge in [-0.25, -0.2) is 4.79 Å². The van der Waals surface area contributed by atoms with Crippen LogP contribution in [0.1, 0.15) is 19.8 Å². The molecule has 0 saturated carbocycles. The van der Waals surface area contributed by atoms with E-state index >= 15 is 0 Å². The number of carboxylic acids is 1. The Morgan fingerprint density at radius 1 is 1.00 bits per heavy atom. The van der Waals surface area contributed by atoms with Crippen LogP contribution in [0.3, 0.4) is 0 Å². The zero-order valence-electron chi connectivity index (χ0n) is 9.21. The molecule has 4 N–H and O–H groups in total. The van der Waals surface area contributed by atoms with Crippen LogP contribution < -0.4 is 16.0 Å². The van der Waals surface area contributed by atoms with Gasteiger partial charge in [-0.05, 0) is 6.92 Å². The summed E-state index contributed by atoms with van der Waals surface area (Å²) in [6.45, 7) is 2.67. The van der Waals surface area contributed by atoms with Gasteiger partial charge in [-0.15, -0.1) is 0 Å². The predicted molar refractivity (Wildman–Crippen MR) is 57.0 cm³/mol. The summed E-state index contributed by atoms with van der Waals surface area (Å²) in [5.74, 6) is -1.10. The van der Waals surface area contributed by atoms with Gasteiger partial charge in [0.05, 0.1) is 6.42 Å². The van der Waals surface area contributed by atoms with E-state index in [1.54, 1.807) is 0 Å². The summed E-state index contributed by atoms with van der Waals surface area (Å²) in [5, 5.41) is 15.7. The van der Waals surface area contributed by atoms with Crippen molar-refractivity contribution in [3.8, 4) is 0 Å². The Morgan fingerprint density at radius 2 is 1.56 bits per heavy atom. The van der Waals surface area contributed by atoms with Crippen molar-refractivity contribution in [1.29, 1.82) is 0 Å². The van der Waals surface area contributed by atoms with Crippen LogP contribution in [-0.2, 0) is 9.59 Å². The topological polar surface area (TPSA) is 108 Å². The molecule has 0 radical (unpaired) electrons. The molecule has 0 saturated heterocycles. The van der Waals surface area contributed by atoms with Crippen LogP contribution >= 0.6 is 0 Å². The number of nitrogens with one attached hydrogen (secondary N) is 3. The molecule has 0 spiro atoms.